The highest BCUT2D eigenvalue weighted by Crippen LogP contribution is 2.31. The van der Waals surface area contributed by atoms with Gasteiger partial charge in [-0.15, -0.1) is 12.4 Å². The number of carbonyl (C=O) groups is 1. The Morgan fingerprint density at radius 2 is 1.92 bits per heavy atom. The van der Waals surface area contributed by atoms with E-state index in [4.69, 9.17) is 11.6 Å². The lowest BCUT2D eigenvalue weighted by Gasteiger charge is -2.35. The molecule has 0 aliphatic carbocycles. The third kappa shape index (κ3) is 4.85. The van der Waals surface area contributed by atoms with E-state index in [0.717, 1.165) is 44.5 Å². The first-order valence-corrected chi connectivity index (χ1v) is 8.96. The van der Waals surface area contributed by atoms with Crippen LogP contribution >= 0.6 is 24.0 Å². The van der Waals surface area contributed by atoms with E-state index in [9.17, 15) is 9.90 Å². The Hall–Kier alpha value is -0.810. The maximum Gasteiger partial charge on any atom is 0.224 e. The van der Waals surface area contributed by atoms with E-state index in [0.29, 0.717) is 17.5 Å². The van der Waals surface area contributed by atoms with E-state index in [1.807, 2.05) is 29.2 Å². The molecule has 0 radical (unpaired) electrons. The van der Waals surface area contributed by atoms with E-state index < -0.39 is 6.10 Å². The molecule has 1 amide bonds. The second-order valence-corrected chi connectivity index (χ2v) is 7.15. The quantitative estimate of drug-likeness (QED) is 0.853. The Balaban J connectivity index is 0.00000208. The van der Waals surface area contributed by atoms with Gasteiger partial charge in [0.2, 0.25) is 5.91 Å². The van der Waals surface area contributed by atoms with Gasteiger partial charge in [-0.2, -0.15) is 0 Å². The maximum absolute atomic E-state index is 12.3. The fourth-order valence-corrected chi connectivity index (χ4v) is 3.79. The number of carbonyl (C=O) groups excluding carboxylic acids is 1. The van der Waals surface area contributed by atoms with Gasteiger partial charge in [0, 0.05) is 30.6 Å². The summed E-state index contributed by atoms with van der Waals surface area (Å²) in [7, 11) is 0. The van der Waals surface area contributed by atoms with Crippen LogP contribution in [0.2, 0.25) is 5.02 Å². The van der Waals surface area contributed by atoms with Crippen LogP contribution in [0, 0.1) is 5.92 Å². The average molecular weight is 373 g/mol. The highest BCUT2D eigenvalue weighted by molar-refractivity contribution is 6.30. The van der Waals surface area contributed by atoms with Crippen LogP contribution in [-0.4, -0.2) is 41.6 Å². The topological polar surface area (TPSA) is 52.6 Å². The third-order valence-electron chi connectivity index (χ3n) is 5.13. The molecule has 2 saturated heterocycles. The molecule has 1 aromatic carbocycles. The van der Waals surface area contributed by atoms with Crippen LogP contribution in [0.15, 0.2) is 24.3 Å². The molecule has 6 heteroatoms. The molecule has 1 aromatic rings. The Bertz CT molecular complexity index is 524. The molecule has 2 aliphatic heterocycles. The third-order valence-corrected chi connectivity index (χ3v) is 5.39. The molecular formula is C18H26Cl2N2O2. The Morgan fingerprint density at radius 1 is 1.25 bits per heavy atom. The molecule has 0 aromatic heterocycles. The van der Waals surface area contributed by atoms with E-state index in [-0.39, 0.29) is 24.2 Å². The molecule has 2 unspecified atom stereocenters. The van der Waals surface area contributed by atoms with Gasteiger partial charge in [-0.25, -0.2) is 0 Å². The summed E-state index contributed by atoms with van der Waals surface area (Å²) in [5.74, 6) is 0.466. The molecule has 2 N–H and O–H groups in total. The lowest BCUT2D eigenvalue weighted by Crippen LogP contribution is -2.42. The van der Waals surface area contributed by atoms with Crippen molar-refractivity contribution in [3.05, 3.63) is 34.9 Å². The van der Waals surface area contributed by atoms with Crippen molar-refractivity contribution in [2.45, 2.75) is 44.2 Å². The molecule has 3 rings (SSSR count). The summed E-state index contributed by atoms with van der Waals surface area (Å²) in [6.45, 7) is 2.54. The fourth-order valence-electron chi connectivity index (χ4n) is 3.67. The van der Waals surface area contributed by atoms with Crippen LogP contribution in [-0.2, 0) is 4.79 Å². The van der Waals surface area contributed by atoms with Crippen molar-refractivity contribution >= 4 is 29.9 Å². The number of piperidine rings is 1. The van der Waals surface area contributed by atoms with Crippen LogP contribution in [0.5, 0.6) is 0 Å². The number of nitrogens with zero attached hydrogens (tertiary/aromatic N) is 1. The normalized spacial score (nSPS) is 22.9. The first-order valence-electron chi connectivity index (χ1n) is 8.58. The van der Waals surface area contributed by atoms with Crippen molar-refractivity contribution in [1.82, 2.24) is 10.2 Å². The SMILES string of the molecule is Cl.O=C(CC1CCCN1)N1CCC(C(O)c2ccc(Cl)cc2)CC1. The molecular weight excluding hydrogens is 347 g/mol. The van der Waals surface area contributed by atoms with Crippen molar-refractivity contribution in [1.29, 1.82) is 0 Å². The zero-order chi connectivity index (χ0) is 16.2. The molecule has 134 valence electrons. The van der Waals surface area contributed by atoms with Gasteiger partial charge < -0.3 is 15.3 Å². The van der Waals surface area contributed by atoms with Gasteiger partial charge in [-0.05, 0) is 55.8 Å². The molecule has 0 bridgehead atoms. The molecule has 0 spiro atoms. The zero-order valence-electron chi connectivity index (χ0n) is 13.8. The lowest BCUT2D eigenvalue weighted by atomic mass is 9.87. The van der Waals surface area contributed by atoms with Gasteiger partial charge in [-0.3, -0.25) is 4.79 Å². The molecule has 2 fully saturated rings. The number of hydrogen-bond acceptors (Lipinski definition) is 3. The second-order valence-electron chi connectivity index (χ2n) is 6.71. The fraction of sp³-hybridized carbons (Fsp3) is 0.611. The van der Waals surface area contributed by atoms with E-state index in [2.05, 4.69) is 5.32 Å². The summed E-state index contributed by atoms with van der Waals surface area (Å²) in [6.07, 6.45) is 4.14. The van der Waals surface area contributed by atoms with Gasteiger partial charge in [0.25, 0.3) is 0 Å². The minimum atomic E-state index is -0.471. The van der Waals surface area contributed by atoms with Crippen LogP contribution in [0.1, 0.15) is 43.8 Å². The van der Waals surface area contributed by atoms with Crippen molar-refractivity contribution < 1.29 is 9.90 Å². The van der Waals surface area contributed by atoms with Gasteiger partial charge >= 0.3 is 0 Å². The molecule has 2 heterocycles. The predicted molar refractivity (Wildman–Crippen MR) is 98.6 cm³/mol. The summed E-state index contributed by atoms with van der Waals surface area (Å²) in [5.41, 5.74) is 0.911. The molecule has 0 saturated carbocycles. The first-order chi connectivity index (χ1) is 11.1. The number of likely N-dealkylation sites (tertiary alicyclic amines) is 1. The number of halogens is 2. The van der Waals surface area contributed by atoms with Gasteiger partial charge in [-0.1, -0.05) is 23.7 Å². The Kier molecular flexibility index (Phi) is 7.35. The van der Waals surface area contributed by atoms with Gasteiger partial charge in [0.15, 0.2) is 0 Å². The minimum Gasteiger partial charge on any atom is -0.388 e. The maximum atomic E-state index is 12.3. The summed E-state index contributed by atoms with van der Waals surface area (Å²) < 4.78 is 0. The van der Waals surface area contributed by atoms with Crippen LogP contribution in [0.3, 0.4) is 0 Å². The largest absolute Gasteiger partial charge is 0.388 e. The van der Waals surface area contributed by atoms with Crippen molar-refractivity contribution in [3.63, 3.8) is 0 Å². The Morgan fingerprint density at radius 3 is 2.50 bits per heavy atom. The smallest absolute Gasteiger partial charge is 0.224 e. The first kappa shape index (κ1) is 19.5. The summed E-state index contributed by atoms with van der Waals surface area (Å²) in [4.78, 5) is 14.3. The number of benzene rings is 1. The predicted octanol–water partition coefficient (Wildman–Crippen LogP) is 3.18. The van der Waals surface area contributed by atoms with Gasteiger partial charge in [0.1, 0.15) is 0 Å². The Labute approximate surface area is 155 Å². The van der Waals surface area contributed by atoms with Crippen LogP contribution < -0.4 is 5.32 Å². The van der Waals surface area contributed by atoms with Gasteiger partial charge in [0.05, 0.1) is 6.10 Å². The number of amides is 1. The number of hydrogen-bond donors (Lipinski definition) is 2. The highest BCUT2D eigenvalue weighted by atomic mass is 35.5. The molecule has 24 heavy (non-hydrogen) atoms. The second kappa shape index (κ2) is 9.04. The molecule has 2 aliphatic rings. The lowest BCUT2D eigenvalue weighted by molar-refractivity contribution is -0.133. The molecule has 2 atom stereocenters. The summed E-state index contributed by atoms with van der Waals surface area (Å²) >= 11 is 5.89. The number of aliphatic hydroxyl groups is 1. The van der Waals surface area contributed by atoms with Crippen LogP contribution in [0.25, 0.3) is 0 Å². The van der Waals surface area contributed by atoms with E-state index >= 15 is 0 Å². The monoisotopic (exact) mass is 372 g/mol. The van der Waals surface area contributed by atoms with Crippen molar-refractivity contribution in [3.8, 4) is 0 Å². The summed E-state index contributed by atoms with van der Waals surface area (Å²) in [5, 5.41) is 14.6. The average Bonchev–Trinajstić information content (AvgIpc) is 3.08. The minimum absolute atomic E-state index is 0. The van der Waals surface area contributed by atoms with Crippen molar-refractivity contribution in [2.75, 3.05) is 19.6 Å². The highest BCUT2D eigenvalue weighted by Gasteiger charge is 2.29. The summed E-state index contributed by atoms with van der Waals surface area (Å²) in [6, 6.07) is 7.76. The van der Waals surface area contributed by atoms with Crippen LogP contribution in [0.4, 0.5) is 0 Å². The number of nitrogens with one attached hydrogen (secondary N) is 1. The number of aliphatic hydroxyl groups excluding tert-OH is 1. The molecule has 4 nitrogen and oxygen atoms in total. The van der Waals surface area contributed by atoms with E-state index in [1.165, 1.54) is 6.42 Å². The zero-order valence-corrected chi connectivity index (χ0v) is 15.4. The number of rotatable bonds is 4. The van der Waals surface area contributed by atoms with E-state index in [1.54, 1.807) is 0 Å². The standard InChI is InChI=1S/C18H25ClN2O2.ClH/c19-15-5-3-13(4-6-15)18(23)14-7-10-21(11-8-14)17(22)12-16-2-1-9-20-16;/h3-6,14,16,18,20,23H,1-2,7-12H2;1H. The van der Waals surface area contributed by atoms with Crippen molar-refractivity contribution in [2.24, 2.45) is 5.92 Å².